The molecule has 0 bridgehead atoms. The van der Waals surface area contributed by atoms with E-state index in [4.69, 9.17) is 15.7 Å². The summed E-state index contributed by atoms with van der Waals surface area (Å²) in [6.45, 7) is 2.63. The van der Waals surface area contributed by atoms with E-state index in [1.165, 1.54) is 0 Å². The summed E-state index contributed by atoms with van der Waals surface area (Å²) in [4.78, 5) is 0. The van der Waals surface area contributed by atoms with Gasteiger partial charge in [0.2, 0.25) is 0 Å². The van der Waals surface area contributed by atoms with Gasteiger partial charge in [-0.2, -0.15) is 5.26 Å². The van der Waals surface area contributed by atoms with Crippen molar-refractivity contribution in [1.29, 1.82) is 5.26 Å². The van der Waals surface area contributed by atoms with Crippen molar-refractivity contribution in [2.75, 3.05) is 30.8 Å². The maximum Gasteiger partial charge on any atom is 0.0992 e. The third-order valence-electron chi connectivity index (χ3n) is 3.10. The van der Waals surface area contributed by atoms with E-state index >= 15 is 0 Å². The molecule has 0 amide bonds. The lowest BCUT2D eigenvalue weighted by molar-refractivity contribution is 0.0699. The first kappa shape index (κ1) is 11.7. The largest absolute Gasteiger partial charge is 0.397 e. The van der Waals surface area contributed by atoms with Gasteiger partial charge in [0.05, 0.1) is 23.0 Å². The lowest BCUT2D eigenvalue weighted by atomic mass is 10.0. The first-order valence-electron chi connectivity index (χ1n) is 5.91. The van der Waals surface area contributed by atoms with Crippen molar-refractivity contribution < 1.29 is 4.74 Å². The molecule has 3 N–H and O–H groups in total. The van der Waals surface area contributed by atoms with Crippen LogP contribution >= 0.6 is 0 Å². The van der Waals surface area contributed by atoms with Crippen LogP contribution in [0, 0.1) is 17.2 Å². The number of nitrogens with one attached hydrogen (secondary N) is 1. The molecule has 0 saturated carbocycles. The van der Waals surface area contributed by atoms with Crippen LogP contribution in [0.3, 0.4) is 0 Å². The minimum atomic E-state index is 0.596. The summed E-state index contributed by atoms with van der Waals surface area (Å²) < 4.78 is 5.32. The van der Waals surface area contributed by atoms with Gasteiger partial charge >= 0.3 is 0 Å². The molecule has 0 aromatic heterocycles. The fraction of sp³-hybridized carbons (Fsp3) is 0.462. The van der Waals surface area contributed by atoms with E-state index in [9.17, 15) is 0 Å². The van der Waals surface area contributed by atoms with Crippen molar-refractivity contribution in [2.24, 2.45) is 5.92 Å². The zero-order chi connectivity index (χ0) is 12.1. The highest BCUT2D eigenvalue weighted by atomic mass is 16.5. The smallest absolute Gasteiger partial charge is 0.0992 e. The predicted molar refractivity (Wildman–Crippen MR) is 67.6 cm³/mol. The molecule has 1 aliphatic rings. The lowest BCUT2D eigenvalue weighted by Crippen LogP contribution is -2.22. The number of ether oxygens (including phenoxy) is 1. The summed E-state index contributed by atoms with van der Waals surface area (Å²) in [5.74, 6) is 0.652. The second-order valence-corrected chi connectivity index (χ2v) is 4.35. The molecule has 4 heteroatoms. The van der Waals surface area contributed by atoms with Crippen molar-refractivity contribution in [3.05, 3.63) is 23.8 Å². The van der Waals surface area contributed by atoms with Crippen molar-refractivity contribution in [2.45, 2.75) is 12.8 Å². The molecule has 90 valence electrons. The third kappa shape index (κ3) is 3.11. The maximum absolute atomic E-state index is 8.75. The molecule has 1 aromatic carbocycles. The van der Waals surface area contributed by atoms with Crippen molar-refractivity contribution in [3.63, 3.8) is 0 Å². The number of nitrogens with two attached hydrogens (primary N) is 1. The van der Waals surface area contributed by atoms with E-state index < -0.39 is 0 Å². The number of anilines is 2. The molecule has 0 spiro atoms. The Morgan fingerprint density at radius 2 is 2.18 bits per heavy atom. The van der Waals surface area contributed by atoms with E-state index in [1.807, 2.05) is 6.07 Å². The number of hydrogen-bond donors (Lipinski definition) is 2. The van der Waals surface area contributed by atoms with E-state index in [2.05, 4.69) is 11.4 Å². The van der Waals surface area contributed by atoms with E-state index in [0.717, 1.165) is 38.3 Å². The zero-order valence-electron chi connectivity index (χ0n) is 9.78. The topological polar surface area (TPSA) is 71.1 Å². The molecule has 1 aromatic rings. The van der Waals surface area contributed by atoms with Gasteiger partial charge in [-0.1, -0.05) is 0 Å². The Labute approximate surface area is 101 Å². The highest BCUT2D eigenvalue weighted by Gasteiger charge is 2.13. The Kier molecular flexibility index (Phi) is 3.84. The van der Waals surface area contributed by atoms with Gasteiger partial charge in [-0.25, -0.2) is 0 Å². The average molecular weight is 231 g/mol. The van der Waals surface area contributed by atoms with Gasteiger partial charge in [-0.3, -0.25) is 0 Å². The Morgan fingerprint density at radius 3 is 2.82 bits per heavy atom. The van der Waals surface area contributed by atoms with Crippen LogP contribution in [-0.4, -0.2) is 19.8 Å². The first-order chi connectivity index (χ1) is 8.29. The predicted octanol–water partition coefficient (Wildman–Crippen LogP) is 1.98. The van der Waals surface area contributed by atoms with E-state index in [-0.39, 0.29) is 0 Å². The molecule has 1 aliphatic heterocycles. The molecule has 0 aliphatic carbocycles. The van der Waals surface area contributed by atoms with Gasteiger partial charge in [0, 0.05) is 19.8 Å². The van der Waals surface area contributed by atoms with Crippen LogP contribution in [0.2, 0.25) is 0 Å². The van der Waals surface area contributed by atoms with E-state index in [0.29, 0.717) is 17.2 Å². The zero-order valence-corrected chi connectivity index (χ0v) is 9.78. The number of nitrogen functional groups attached to an aromatic ring is 1. The average Bonchev–Trinajstić information content (AvgIpc) is 2.38. The summed E-state index contributed by atoms with van der Waals surface area (Å²) in [5.41, 5.74) is 8.02. The minimum Gasteiger partial charge on any atom is -0.397 e. The summed E-state index contributed by atoms with van der Waals surface area (Å²) in [5, 5.41) is 12.1. The molecule has 0 atom stereocenters. The summed E-state index contributed by atoms with van der Waals surface area (Å²) in [6.07, 6.45) is 2.20. The highest BCUT2D eigenvalue weighted by Crippen LogP contribution is 2.21. The Morgan fingerprint density at radius 1 is 1.41 bits per heavy atom. The number of rotatable bonds is 3. The Bertz CT molecular complexity index is 419. The maximum atomic E-state index is 8.75. The number of nitrogens with zero attached hydrogens (tertiary/aromatic N) is 1. The van der Waals surface area contributed by atoms with Crippen LogP contribution in [-0.2, 0) is 4.74 Å². The monoisotopic (exact) mass is 231 g/mol. The molecular formula is C13H17N3O. The summed E-state index contributed by atoms with van der Waals surface area (Å²) in [6, 6.07) is 7.43. The number of benzene rings is 1. The van der Waals surface area contributed by atoms with Crippen molar-refractivity contribution in [1.82, 2.24) is 0 Å². The Balaban J connectivity index is 1.92. The molecule has 0 unspecified atom stereocenters. The summed E-state index contributed by atoms with van der Waals surface area (Å²) >= 11 is 0. The van der Waals surface area contributed by atoms with Crippen molar-refractivity contribution >= 4 is 11.4 Å². The van der Waals surface area contributed by atoms with Gasteiger partial charge in [0.25, 0.3) is 0 Å². The first-order valence-corrected chi connectivity index (χ1v) is 5.91. The Hall–Kier alpha value is -1.73. The van der Waals surface area contributed by atoms with Crippen molar-refractivity contribution in [3.8, 4) is 6.07 Å². The normalized spacial score (nSPS) is 16.4. The van der Waals surface area contributed by atoms with Gasteiger partial charge in [-0.15, -0.1) is 0 Å². The van der Waals surface area contributed by atoms with Gasteiger partial charge in [-0.05, 0) is 37.0 Å². The molecule has 0 radical (unpaired) electrons. The summed E-state index contributed by atoms with van der Waals surface area (Å²) in [7, 11) is 0. The second kappa shape index (κ2) is 5.55. The molecule has 1 fully saturated rings. The standard InChI is InChI=1S/C13H17N3O/c14-8-11-1-2-13(12(15)7-11)16-9-10-3-5-17-6-4-10/h1-2,7,10,16H,3-6,9,15H2. The van der Waals surface area contributed by atoms with Crippen LogP contribution in [0.15, 0.2) is 18.2 Å². The van der Waals surface area contributed by atoms with Gasteiger partial charge in [0.1, 0.15) is 0 Å². The van der Waals surface area contributed by atoms with Crippen LogP contribution < -0.4 is 11.1 Å². The van der Waals surface area contributed by atoms with E-state index in [1.54, 1.807) is 12.1 Å². The lowest BCUT2D eigenvalue weighted by Gasteiger charge is -2.23. The van der Waals surface area contributed by atoms with Crippen LogP contribution in [0.4, 0.5) is 11.4 Å². The number of hydrogen-bond acceptors (Lipinski definition) is 4. The number of nitriles is 1. The molecular weight excluding hydrogens is 214 g/mol. The quantitative estimate of drug-likeness (QED) is 0.780. The second-order valence-electron chi connectivity index (χ2n) is 4.35. The minimum absolute atomic E-state index is 0.596. The molecule has 1 heterocycles. The molecule has 4 nitrogen and oxygen atoms in total. The van der Waals surface area contributed by atoms with Gasteiger partial charge in [0.15, 0.2) is 0 Å². The molecule has 17 heavy (non-hydrogen) atoms. The van der Waals surface area contributed by atoms with Crippen LogP contribution in [0.1, 0.15) is 18.4 Å². The fourth-order valence-electron chi connectivity index (χ4n) is 2.00. The third-order valence-corrected chi connectivity index (χ3v) is 3.10. The van der Waals surface area contributed by atoms with Gasteiger partial charge < -0.3 is 15.8 Å². The highest BCUT2D eigenvalue weighted by molar-refractivity contribution is 5.68. The van der Waals surface area contributed by atoms with Crippen LogP contribution in [0.5, 0.6) is 0 Å². The van der Waals surface area contributed by atoms with Crippen LogP contribution in [0.25, 0.3) is 0 Å². The molecule has 2 rings (SSSR count). The molecule has 1 saturated heterocycles. The fourth-order valence-corrected chi connectivity index (χ4v) is 2.00. The SMILES string of the molecule is N#Cc1ccc(NCC2CCOCC2)c(N)c1.